The highest BCUT2D eigenvalue weighted by Crippen LogP contribution is 2.36. The van der Waals surface area contributed by atoms with Crippen LogP contribution < -0.4 is 5.32 Å². The van der Waals surface area contributed by atoms with Crippen molar-refractivity contribution in [3.8, 4) is 0 Å². The highest BCUT2D eigenvalue weighted by molar-refractivity contribution is 7.90. The summed E-state index contributed by atoms with van der Waals surface area (Å²) in [5, 5.41) is 3.67. The first-order valence-electron chi connectivity index (χ1n) is 8.13. The Morgan fingerprint density at radius 2 is 1.71 bits per heavy atom. The van der Waals surface area contributed by atoms with Gasteiger partial charge in [-0.1, -0.05) is 19.3 Å². The molecule has 1 aliphatic rings. The molecule has 0 aromatic carbocycles. The summed E-state index contributed by atoms with van der Waals surface area (Å²) in [6, 6.07) is 0. The van der Waals surface area contributed by atoms with Gasteiger partial charge in [0.2, 0.25) is 0 Å². The largest absolute Gasteiger partial charge is 0.311 e. The van der Waals surface area contributed by atoms with Crippen LogP contribution in [0.25, 0.3) is 0 Å². The van der Waals surface area contributed by atoms with Gasteiger partial charge in [-0.25, -0.2) is 8.42 Å². The molecule has 0 amide bonds. The quantitative estimate of drug-likeness (QED) is 0.782. The van der Waals surface area contributed by atoms with Crippen LogP contribution in [0.1, 0.15) is 52.9 Å². The van der Waals surface area contributed by atoms with Gasteiger partial charge in [-0.15, -0.1) is 0 Å². The average Bonchev–Trinajstić information content (AvgIpc) is 2.34. The number of hydrogen-bond acceptors (Lipinski definition) is 4. The maximum atomic E-state index is 11.3. The van der Waals surface area contributed by atoms with E-state index in [9.17, 15) is 8.42 Å². The zero-order valence-electron chi connectivity index (χ0n) is 14.5. The van der Waals surface area contributed by atoms with E-state index in [1.54, 1.807) is 0 Å². The van der Waals surface area contributed by atoms with Crippen molar-refractivity contribution in [3.05, 3.63) is 0 Å². The first-order valence-corrected chi connectivity index (χ1v) is 10.2. The molecule has 0 spiro atoms. The Bertz CT molecular complexity index is 406. The third kappa shape index (κ3) is 8.17. The molecule has 5 heteroatoms. The second-order valence-electron chi connectivity index (χ2n) is 8.03. The monoisotopic (exact) mass is 318 g/mol. The fourth-order valence-corrected chi connectivity index (χ4v) is 3.76. The lowest BCUT2D eigenvalue weighted by molar-refractivity contribution is 0.112. The van der Waals surface area contributed by atoms with Crippen LogP contribution in [0.15, 0.2) is 0 Å². The SMILES string of the molecule is CN(CCS(C)(=O)=O)CC1(CNC(C)(C)C)CCCCC1. The van der Waals surface area contributed by atoms with Gasteiger partial charge < -0.3 is 10.2 Å². The van der Waals surface area contributed by atoms with Crippen LogP contribution in [0.3, 0.4) is 0 Å². The van der Waals surface area contributed by atoms with E-state index >= 15 is 0 Å². The van der Waals surface area contributed by atoms with Gasteiger partial charge in [0.15, 0.2) is 0 Å². The summed E-state index contributed by atoms with van der Waals surface area (Å²) in [6.45, 7) is 9.27. The van der Waals surface area contributed by atoms with Crippen LogP contribution in [0.5, 0.6) is 0 Å². The predicted molar refractivity (Wildman–Crippen MR) is 90.5 cm³/mol. The molecule has 1 saturated carbocycles. The van der Waals surface area contributed by atoms with Gasteiger partial charge in [-0.3, -0.25) is 0 Å². The molecule has 0 unspecified atom stereocenters. The fraction of sp³-hybridized carbons (Fsp3) is 1.00. The zero-order chi connectivity index (χ0) is 16.1. The fourth-order valence-electron chi connectivity index (χ4n) is 3.12. The van der Waals surface area contributed by atoms with Crippen LogP contribution in [0, 0.1) is 5.41 Å². The van der Waals surface area contributed by atoms with Gasteiger partial charge in [-0.2, -0.15) is 0 Å². The molecule has 1 rings (SSSR count). The third-order valence-corrected chi connectivity index (χ3v) is 5.28. The van der Waals surface area contributed by atoms with Crippen molar-refractivity contribution in [3.63, 3.8) is 0 Å². The Labute approximate surface area is 131 Å². The van der Waals surface area contributed by atoms with Crippen LogP contribution >= 0.6 is 0 Å². The lowest BCUT2D eigenvalue weighted by Gasteiger charge is -2.42. The van der Waals surface area contributed by atoms with Gasteiger partial charge in [-0.05, 0) is 46.1 Å². The highest BCUT2D eigenvalue weighted by Gasteiger charge is 2.34. The van der Waals surface area contributed by atoms with Crippen molar-refractivity contribution in [2.75, 3.05) is 38.7 Å². The third-order valence-electron chi connectivity index (χ3n) is 4.36. The van der Waals surface area contributed by atoms with Gasteiger partial charge in [0.1, 0.15) is 9.84 Å². The topological polar surface area (TPSA) is 49.4 Å². The van der Waals surface area contributed by atoms with E-state index < -0.39 is 9.84 Å². The first-order chi connectivity index (χ1) is 9.52. The number of nitrogens with one attached hydrogen (secondary N) is 1. The zero-order valence-corrected chi connectivity index (χ0v) is 15.4. The molecule has 0 bridgehead atoms. The van der Waals surface area contributed by atoms with Crippen molar-refractivity contribution in [1.82, 2.24) is 10.2 Å². The van der Waals surface area contributed by atoms with E-state index in [0.29, 0.717) is 12.0 Å². The molecule has 1 N–H and O–H groups in total. The van der Waals surface area contributed by atoms with Crippen molar-refractivity contribution in [1.29, 1.82) is 0 Å². The molecule has 126 valence electrons. The maximum absolute atomic E-state index is 11.3. The van der Waals surface area contributed by atoms with E-state index in [-0.39, 0.29) is 11.3 Å². The lowest BCUT2D eigenvalue weighted by atomic mass is 9.73. The molecule has 0 radical (unpaired) electrons. The molecule has 1 aliphatic carbocycles. The van der Waals surface area contributed by atoms with Gasteiger partial charge in [0, 0.05) is 31.4 Å². The van der Waals surface area contributed by atoms with Crippen LogP contribution in [0.4, 0.5) is 0 Å². The number of nitrogens with zero attached hydrogens (tertiary/aromatic N) is 1. The molecule has 0 aromatic heterocycles. The van der Waals surface area contributed by atoms with Crippen molar-refractivity contribution < 1.29 is 8.42 Å². The van der Waals surface area contributed by atoms with Crippen molar-refractivity contribution >= 4 is 9.84 Å². The minimum Gasteiger partial charge on any atom is -0.311 e. The summed E-state index contributed by atoms with van der Waals surface area (Å²) in [4.78, 5) is 2.21. The molecule has 1 fully saturated rings. The average molecular weight is 319 g/mol. The highest BCUT2D eigenvalue weighted by atomic mass is 32.2. The standard InChI is InChI=1S/C16H34N2O2S/c1-15(2,3)17-13-16(9-7-6-8-10-16)14-18(4)11-12-21(5,19)20/h17H,6-14H2,1-5H3. The molecule has 0 heterocycles. The van der Waals surface area contributed by atoms with Crippen LogP contribution in [-0.4, -0.2) is 57.5 Å². The van der Waals surface area contributed by atoms with E-state index in [0.717, 1.165) is 13.1 Å². The number of hydrogen-bond donors (Lipinski definition) is 1. The Morgan fingerprint density at radius 3 is 2.19 bits per heavy atom. The van der Waals surface area contributed by atoms with Crippen molar-refractivity contribution in [2.45, 2.75) is 58.4 Å². The molecule has 0 aliphatic heterocycles. The Morgan fingerprint density at radius 1 is 1.14 bits per heavy atom. The minimum atomic E-state index is -2.87. The van der Waals surface area contributed by atoms with E-state index in [4.69, 9.17) is 0 Å². The Kier molecular flexibility index (Phi) is 6.69. The van der Waals surface area contributed by atoms with E-state index in [2.05, 4.69) is 38.0 Å². The van der Waals surface area contributed by atoms with Gasteiger partial charge >= 0.3 is 0 Å². The smallest absolute Gasteiger partial charge is 0.148 e. The summed E-state index contributed by atoms with van der Waals surface area (Å²) >= 11 is 0. The lowest BCUT2D eigenvalue weighted by Crippen LogP contribution is -2.49. The normalized spacial score (nSPS) is 19.9. The molecule has 0 atom stereocenters. The summed E-state index contributed by atoms with van der Waals surface area (Å²) in [5.41, 5.74) is 0.438. The molecular weight excluding hydrogens is 284 g/mol. The second-order valence-corrected chi connectivity index (χ2v) is 10.3. The predicted octanol–water partition coefficient (Wildman–Crippen LogP) is 2.30. The molecular formula is C16H34N2O2S. The maximum Gasteiger partial charge on any atom is 0.148 e. The van der Waals surface area contributed by atoms with Crippen LogP contribution in [-0.2, 0) is 9.84 Å². The molecule has 21 heavy (non-hydrogen) atoms. The Hall–Kier alpha value is -0.130. The summed E-state index contributed by atoms with van der Waals surface area (Å²) in [6.07, 6.45) is 7.75. The van der Waals surface area contributed by atoms with E-state index in [1.165, 1.54) is 38.4 Å². The summed E-state index contributed by atoms with van der Waals surface area (Å²) in [5.74, 6) is 0.256. The molecule has 4 nitrogen and oxygen atoms in total. The van der Waals surface area contributed by atoms with Crippen molar-refractivity contribution in [2.24, 2.45) is 5.41 Å². The van der Waals surface area contributed by atoms with E-state index in [1.807, 2.05) is 0 Å². The molecule has 0 aromatic rings. The Balaban J connectivity index is 2.60. The second kappa shape index (κ2) is 7.42. The minimum absolute atomic E-state index is 0.135. The van der Waals surface area contributed by atoms with Gasteiger partial charge in [0.05, 0.1) is 5.75 Å². The summed E-state index contributed by atoms with van der Waals surface area (Å²) < 4.78 is 22.7. The summed E-state index contributed by atoms with van der Waals surface area (Å²) in [7, 11) is -0.818. The number of rotatable bonds is 7. The molecule has 0 saturated heterocycles. The van der Waals surface area contributed by atoms with Crippen LogP contribution in [0.2, 0.25) is 0 Å². The number of sulfone groups is 1. The first kappa shape index (κ1) is 18.9. The van der Waals surface area contributed by atoms with Gasteiger partial charge in [0.25, 0.3) is 0 Å².